The number of hydrogen-bond acceptors (Lipinski definition) is 4. The summed E-state index contributed by atoms with van der Waals surface area (Å²) < 4.78 is 7.20. The van der Waals surface area contributed by atoms with Crippen molar-refractivity contribution in [2.24, 2.45) is 5.10 Å². The molecule has 3 nitrogen and oxygen atoms in total. The van der Waals surface area contributed by atoms with Gasteiger partial charge in [0.05, 0.1) is 23.9 Å². The van der Waals surface area contributed by atoms with Crippen LogP contribution in [0.3, 0.4) is 0 Å². The van der Waals surface area contributed by atoms with Crippen LogP contribution in [0.5, 0.6) is 5.75 Å². The summed E-state index contributed by atoms with van der Waals surface area (Å²) >= 11 is 0. The zero-order chi connectivity index (χ0) is 11.0. The lowest BCUT2D eigenvalue weighted by atomic mass is 10.3. The van der Waals surface area contributed by atoms with Crippen LogP contribution in [-0.2, 0) is 0 Å². The largest absolute Gasteiger partial charge is 0.497 e. The number of ether oxygens (including phenoxy) is 1. The van der Waals surface area contributed by atoms with Gasteiger partial charge in [-0.2, -0.15) is 5.10 Å². The van der Waals surface area contributed by atoms with Crippen LogP contribution in [0.2, 0.25) is 0 Å². The fourth-order valence-corrected chi connectivity index (χ4v) is 4.80. The lowest BCUT2D eigenvalue weighted by Gasteiger charge is -2.17. The molecule has 2 heterocycles. The molecule has 1 aromatic carbocycles. The standard InChI is InChI=1S/C11H10N2OS2/c1-14-10-4-2-9(3-5-10)13-12-8-11-6-7-15-16(11)13/h2-8H,1H3. The van der Waals surface area contributed by atoms with E-state index in [9.17, 15) is 0 Å². The number of anilines is 1. The molecule has 0 aliphatic carbocycles. The number of rotatable bonds is 2. The quantitative estimate of drug-likeness (QED) is 0.596. The molecule has 0 amide bonds. The first-order valence-corrected chi connectivity index (χ1v) is 7.39. The Labute approximate surface area is 100 Å². The second kappa shape index (κ2) is 3.99. The molecular formula is C11H10N2OS2. The third-order valence-corrected chi connectivity index (χ3v) is 5.90. The van der Waals surface area contributed by atoms with Crippen molar-refractivity contribution in [1.82, 2.24) is 0 Å². The zero-order valence-corrected chi connectivity index (χ0v) is 10.3. The molecule has 2 aliphatic heterocycles. The van der Waals surface area contributed by atoms with E-state index in [0.717, 1.165) is 11.4 Å². The van der Waals surface area contributed by atoms with Crippen LogP contribution in [0.15, 0.2) is 40.9 Å². The van der Waals surface area contributed by atoms with Crippen LogP contribution in [0.25, 0.3) is 0 Å². The molecule has 82 valence electrons. The maximum absolute atomic E-state index is 5.14. The van der Waals surface area contributed by atoms with Crippen LogP contribution in [0, 0.1) is 0 Å². The predicted molar refractivity (Wildman–Crippen MR) is 73.3 cm³/mol. The fourth-order valence-electron chi connectivity index (χ4n) is 1.51. The van der Waals surface area contributed by atoms with Gasteiger partial charge in [-0.05, 0) is 46.5 Å². The highest BCUT2D eigenvalue weighted by atomic mass is 33.1. The normalized spacial score (nSPS) is 21.7. The Morgan fingerprint density at radius 2 is 2.12 bits per heavy atom. The van der Waals surface area contributed by atoms with E-state index < -0.39 is 0 Å². The minimum atomic E-state index is 0.0273. The Hall–Kier alpha value is -1.20. The molecule has 0 saturated heterocycles. The zero-order valence-electron chi connectivity index (χ0n) is 8.66. The van der Waals surface area contributed by atoms with Gasteiger partial charge in [-0.25, -0.2) is 4.41 Å². The van der Waals surface area contributed by atoms with Crippen LogP contribution >= 0.6 is 20.5 Å². The van der Waals surface area contributed by atoms with E-state index in [1.807, 2.05) is 30.5 Å². The summed E-state index contributed by atoms with van der Waals surface area (Å²) in [5.74, 6) is 0.872. The first-order chi connectivity index (χ1) is 7.88. The van der Waals surface area contributed by atoms with E-state index in [2.05, 4.69) is 21.0 Å². The lowest BCUT2D eigenvalue weighted by Crippen LogP contribution is -2.02. The van der Waals surface area contributed by atoms with Crippen LogP contribution in [0.4, 0.5) is 5.69 Å². The Balaban J connectivity index is 1.91. The van der Waals surface area contributed by atoms with Gasteiger partial charge in [-0.15, -0.1) is 0 Å². The average molecular weight is 250 g/mol. The summed E-state index contributed by atoms with van der Waals surface area (Å²) in [6, 6.07) is 7.98. The monoisotopic (exact) mass is 250 g/mol. The molecule has 16 heavy (non-hydrogen) atoms. The van der Waals surface area contributed by atoms with Crippen molar-refractivity contribution in [1.29, 1.82) is 0 Å². The van der Waals surface area contributed by atoms with E-state index in [-0.39, 0.29) is 9.70 Å². The second-order valence-corrected chi connectivity index (χ2v) is 6.57. The molecular weight excluding hydrogens is 240 g/mol. The van der Waals surface area contributed by atoms with E-state index in [1.54, 1.807) is 17.9 Å². The molecule has 5 heteroatoms. The van der Waals surface area contributed by atoms with Crippen molar-refractivity contribution < 1.29 is 4.74 Å². The fraction of sp³-hybridized carbons (Fsp3) is 0.0909. The topological polar surface area (TPSA) is 24.8 Å². The molecule has 0 N–H and O–H groups in total. The summed E-state index contributed by atoms with van der Waals surface area (Å²) in [7, 11) is 3.51. The smallest absolute Gasteiger partial charge is 0.119 e. The summed E-state index contributed by atoms with van der Waals surface area (Å²) in [5, 5.41) is 6.54. The van der Waals surface area contributed by atoms with Gasteiger partial charge >= 0.3 is 0 Å². The first-order valence-electron chi connectivity index (χ1n) is 4.82. The van der Waals surface area contributed by atoms with E-state index in [0.29, 0.717) is 0 Å². The van der Waals surface area contributed by atoms with Crippen molar-refractivity contribution in [2.75, 3.05) is 11.5 Å². The number of benzene rings is 1. The molecule has 1 atom stereocenters. The van der Waals surface area contributed by atoms with Gasteiger partial charge in [0.2, 0.25) is 0 Å². The highest BCUT2D eigenvalue weighted by Gasteiger charge is 2.21. The molecule has 0 fully saturated rings. The van der Waals surface area contributed by atoms with Crippen LogP contribution in [-0.4, -0.2) is 18.2 Å². The van der Waals surface area contributed by atoms with Crippen LogP contribution in [0.1, 0.15) is 0 Å². The Morgan fingerprint density at radius 3 is 2.88 bits per heavy atom. The van der Waals surface area contributed by atoms with Crippen molar-refractivity contribution >= 4 is 37.3 Å². The van der Waals surface area contributed by atoms with Crippen molar-refractivity contribution in [3.8, 4) is 5.75 Å². The highest BCUT2D eigenvalue weighted by Crippen LogP contribution is 2.46. The maximum Gasteiger partial charge on any atom is 0.119 e. The molecule has 0 aromatic heterocycles. The Morgan fingerprint density at radius 1 is 1.31 bits per heavy atom. The van der Waals surface area contributed by atoms with Gasteiger partial charge in [-0.1, -0.05) is 0 Å². The Kier molecular flexibility index (Phi) is 2.49. The lowest BCUT2D eigenvalue weighted by molar-refractivity contribution is 0.415. The predicted octanol–water partition coefficient (Wildman–Crippen LogP) is 3.03. The average Bonchev–Trinajstić information content (AvgIpc) is 2.91. The van der Waals surface area contributed by atoms with E-state index in [4.69, 9.17) is 4.74 Å². The molecule has 0 bridgehead atoms. The number of allylic oxidation sites excluding steroid dienone is 1. The summed E-state index contributed by atoms with van der Waals surface area (Å²) in [4.78, 5) is 1.29. The van der Waals surface area contributed by atoms with E-state index >= 15 is 0 Å². The maximum atomic E-state index is 5.14. The molecule has 3 rings (SSSR count). The third-order valence-electron chi connectivity index (χ3n) is 2.32. The molecule has 0 saturated carbocycles. The van der Waals surface area contributed by atoms with Gasteiger partial charge in [0.1, 0.15) is 5.75 Å². The highest BCUT2D eigenvalue weighted by molar-refractivity contribution is 8.86. The van der Waals surface area contributed by atoms with Gasteiger partial charge < -0.3 is 4.74 Å². The number of hydrogen-bond donors (Lipinski definition) is 0. The van der Waals surface area contributed by atoms with Crippen molar-refractivity contribution in [2.45, 2.75) is 0 Å². The number of methoxy groups -OCH3 is 1. The van der Waals surface area contributed by atoms with Crippen molar-refractivity contribution in [3.05, 3.63) is 35.7 Å². The van der Waals surface area contributed by atoms with Gasteiger partial charge in [0.15, 0.2) is 0 Å². The number of hydrazone groups is 1. The molecule has 1 unspecified atom stereocenters. The van der Waals surface area contributed by atoms with Gasteiger partial charge in [-0.3, -0.25) is 0 Å². The SMILES string of the molecule is COc1ccc(N2N=CC3=S2SC=C3)cc1. The molecule has 0 spiro atoms. The number of nitrogens with zero attached hydrogens (tertiary/aromatic N) is 2. The van der Waals surface area contributed by atoms with Crippen LogP contribution < -0.4 is 9.15 Å². The van der Waals surface area contributed by atoms with E-state index in [1.165, 1.54) is 4.86 Å². The summed E-state index contributed by atoms with van der Waals surface area (Å²) in [5.41, 5.74) is 1.10. The Bertz CT molecular complexity index is 505. The molecule has 0 radical (unpaired) electrons. The molecule has 2 aliphatic rings. The third kappa shape index (κ3) is 1.56. The molecule has 1 aromatic rings. The summed E-state index contributed by atoms with van der Waals surface area (Å²) in [6.07, 6.45) is 4.06. The first kappa shape index (κ1) is 9.99. The minimum absolute atomic E-state index is 0.0273. The van der Waals surface area contributed by atoms with Crippen molar-refractivity contribution in [3.63, 3.8) is 0 Å². The van der Waals surface area contributed by atoms with Gasteiger partial charge in [0, 0.05) is 9.70 Å². The van der Waals surface area contributed by atoms with Gasteiger partial charge in [0.25, 0.3) is 0 Å². The minimum Gasteiger partial charge on any atom is -0.497 e. The summed E-state index contributed by atoms with van der Waals surface area (Å²) in [6.45, 7) is 0. The second-order valence-electron chi connectivity index (χ2n) is 3.27.